The van der Waals surface area contributed by atoms with E-state index < -0.39 is 0 Å². The van der Waals surface area contributed by atoms with Gasteiger partial charge in [-0.05, 0) is 19.9 Å². The molecule has 0 saturated carbocycles. The van der Waals surface area contributed by atoms with Gasteiger partial charge in [-0.3, -0.25) is 4.79 Å². The Bertz CT molecular complexity index is 193. The highest BCUT2D eigenvalue weighted by Gasteiger charge is 2.21. The minimum absolute atomic E-state index is 0.122. The van der Waals surface area contributed by atoms with Gasteiger partial charge in [0, 0.05) is 19.7 Å². The Morgan fingerprint density at radius 2 is 2.20 bits per heavy atom. The van der Waals surface area contributed by atoms with Crippen LogP contribution in [0.4, 0.5) is 0 Å². The third-order valence-corrected chi connectivity index (χ3v) is 2.48. The zero-order valence-electron chi connectivity index (χ0n) is 9.24. The lowest BCUT2D eigenvalue weighted by molar-refractivity contribution is -0.137. The Morgan fingerprint density at radius 3 is 2.80 bits per heavy atom. The van der Waals surface area contributed by atoms with E-state index in [-0.39, 0.29) is 18.6 Å². The highest BCUT2D eigenvalue weighted by molar-refractivity contribution is 5.81. The zero-order chi connectivity index (χ0) is 11.1. The number of carbonyl (C=O) groups is 1. The predicted molar refractivity (Wildman–Crippen MR) is 56.6 cm³/mol. The third kappa shape index (κ3) is 4.15. The van der Waals surface area contributed by atoms with Gasteiger partial charge in [0.05, 0.1) is 19.3 Å². The summed E-state index contributed by atoms with van der Waals surface area (Å²) in [6, 6.07) is -0.172. The second-order valence-electron chi connectivity index (χ2n) is 3.69. The molecule has 15 heavy (non-hydrogen) atoms. The second-order valence-corrected chi connectivity index (χ2v) is 3.69. The van der Waals surface area contributed by atoms with Crippen molar-refractivity contribution in [3.8, 4) is 0 Å². The van der Waals surface area contributed by atoms with Crippen LogP contribution in [0.25, 0.3) is 0 Å². The van der Waals surface area contributed by atoms with Crippen LogP contribution >= 0.6 is 0 Å². The fourth-order valence-corrected chi connectivity index (χ4v) is 1.54. The van der Waals surface area contributed by atoms with E-state index in [1.165, 1.54) is 0 Å². The van der Waals surface area contributed by atoms with Gasteiger partial charge >= 0.3 is 0 Å². The van der Waals surface area contributed by atoms with Crippen LogP contribution in [-0.2, 0) is 9.53 Å². The number of morpholine rings is 1. The Labute approximate surface area is 90.4 Å². The number of amides is 1. The molecule has 1 aliphatic heterocycles. The minimum Gasteiger partial charge on any atom is -0.396 e. The molecule has 0 aromatic heterocycles. The van der Waals surface area contributed by atoms with Crippen LogP contribution < -0.4 is 5.32 Å². The van der Waals surface area contributed by atoms with Crippen molar-refractivity contribution in [1.29, 1.82) is 0 Å². The number of nitrogens with one attached hydrogen (secondary N) is 1. The summed E-state index contributed by atoms with van der Waals surface area (Å²) in [4.78, 5) is 13.7. The number of aliphatic hydroxyl groups excluding tert-OH is 1. The average molecular weight is 216 g/mol. The molecular weight excluding hydrogens is 196 g/mol. The topological polar surface area (TPSA) is 61.8 Å². The molecule has 5 nitrogen and oxygen atoms in total. The fraction of sp³-hybridized carbons (Fsp3) is 0.900. The quantitative estimate of drug-likeness (QED) is 0.591. The molecule has 1 rings (SSSR count). The summed E-state index contributed by atoms with van der Waals surface area (Å²) in [6.07, 6.45) is 0.681. The first-order valence-corrected chi connectivity index (χ1v) is 5.46. The monoisotopic (exact) mass is 216 g/mol. The lowest BCUT2D eigenvalue weighted by Crippen LogP contribution is -2.49. The van der Waals surface area contributed by atoms with E-state index in [4.69, 9.17) is 9.84 Å². The Kier molecular flexibility index (Phi) is 5.60. The summed E-state index contributed by atoms with van der Waals surface area (Å²) >= 11 is 0. The Hall–Kier alpha value is -0.650. The van der Waals surface area contributed by atoms with Gasteiger partial charge in [-0.2, -0.15) is 0 Å². The fourth-order valence-electron chi connectivity index (χ4n) is 1.54. The number of hydrogen-bond acceptors (Lipinski definition) is 4. The van der Waals surface area contributed by atoms with E-state index in [1.807, 2.05) is 11.8 Å². The maximum atomic E-state index is 11.8. The maximum Gasteiger partial charge on any atom is 0.239 e. The van der Waals surface area contributed by atoms with Crippen molar-refractivity contribution in [2.45, 2.75) is 19.4 Å². The molecule has 0 aromatic carbocycles. The van der Waals surface area contributed by atoms with Crippen molar-refractivity contribution in [3.05, 3.63) is 0 Å². The molecule has 1 unspecified atom stereocenters. The van der Waals surface area contributed by atoms with Gasteiger partial charge in [0.25, 0.3) is 0 Å². The first-order valence-electron chi connectivity index (χ1n) is 5.46. The van der Waals surface area contributed by atoms with Crippen molar-refractivity contribution in [3.63, 3.8) is 0 Å². The first kappa shape index (κ1) is 12.4. The lowest BCUT2D eigenvalue weighted by atomic mass is 10.2. The molecule has 0 spiro atoms. The van der Waals surface area contributed by atoms with Crippen molar-refractivity contribution < 1.29 is 14.6 Å². The van der Waals surface area contributed by atoms with Gasteiger partial charge in [0.15, 0.2) is 0 Å². The molecule has 1 atom stereocenters. The van der Waals surface area contributed by atoms with Crippen LogP contribution in [0.1, 0.15) is 13.3 Å². The van der Waals surface area contributed by atoms with E-state index in [0.29, 0.717) is 39.3 Å². The Morgan fingerprint density at radius 1 is 1.53 bits per heavy atom. The molecule has 0 aliphatic carbocycles. The van der Waals surface area contributed by atoms with Gasteiger partial charge in [-0.25, -0.2) is 0 Å². The van der Waals surface area contributed by atoms with Crippen molar-refractivity contribution in [2.75, 3.05) is 39.5 Å². The molecule has 1 fully saturated rings. The average Bonchev–Trinajstić information content (AvgIpc) is 2.29. The highest BCUT2D eigenvalue weighted by atomic mass is 16.5. The van der Waals surface area contributed by atoms with Crippen LogP contribution in [0.3, 0.4) is 0 Å². The lowest BCUT2D eigenvalue weighted by Gasteiger charge is -2.29. The smallest absolute Gasteiger partial charge is 0.239 e. The summed E-state index contributed by atoms with van der Waals surface area (Å²) in [5.41, 5.74) is 0. The van der Waals surface area contributed by atoms with Gasteiger partial charge in [-0.1, -0.05) is 0 Å². The summed E-state index contributed by atoms with van der Waals surface area (Å²) in [5.74, 6) is 0.122. The predicted octanol–water partition coefficient (Wildman–Crippen LogP) is -0.794. The molecular formula is C10H20N2O3. The standard InChI is InChI=1S/C10H20N2O3/c1-9(11-3-2-6-13)10(14)12-4-7-15-8-5-12/h9,11,13H,2-8H2,1H3. The maximum absolute atomic E-state index is 11.8. The van der Waals surface area contributed by atoms with E-state index in [9.17, 15) is 4.79 Å². The van der Waals surface area contributed by atoms with Crippen LogP contribution in [0.15, 0.2) is 0 Å². The van der Waals surface area contributed by atoms with E-state index in [2.05, 4.69) is 5.32 Å². The molecule has 0 radical (unpaired) electrons. The summed E-state index contributed by atoms with van der Waals surface area (Å²) < 4.78 is 5.18. The third-order valence-electron chi connectivity index (χ3n) is 2.48. The normalized spacial score (nSPS) is 18.9. The van der Waals surface area contributed by atoms with Crippen LogP contribution in [0.2, 0.25) is 0 Å². The number of rotatable bonds is 5. The number of hydrogen-bond donors (Lipinski definition) is 2. The number of carbonyl (C=O) groups excluding carboxylic acids is 1. The molecule has 1 saturated heterocycles. The number of ether oxygens (including phenoxy) is 1. The number of aliphatic hydroxyl groups is 1. The van der Waals surface area contributed by atoms with Gasteiger partial charge in [0.1, 0.15) is 0 Å². The number of nitrogens with zero attached hydrogens (tertiary/aromatic N) is 1. The minimum atomic E-state index is -0.172. The Balaban J connectivity index is 2.24. The summed E-state index contributed by atoms with van der Waals surface area (Å²) in [7, 11) is 0. The van der Waals surface area contributed by atoms with Crippen LogP contribution in [0, 0.1) is 0 Å². The molecule has 0 aromatic rings. The second kappa shape index (κ2) is 6.76. The molecule has 88 valence electrons. The van der Waals surface area contributed by atoms with Crippen LogP contribution in [-0.4, -0.2) is 61.4 Å². The van der Waals surface area contributed by atoms with E-state index in [1.54, 1.807) is 0 Å². The molecule has 0 bridgehead atoms. The molecule has 2 N–H and O–H groups in total. The van der Waals surface area contributed by atoms with Crippen molar-refractivity contribution >= 4 is 5.91 Å². The summed E-state index contributed by atoms with van der Waals surface area (Å²) in [6.45, 7) is 5.33. The SMILES string of the molecule is CC(NCCCO)C(=O)N1CCOCC1. The van der Waals surface area contributed by atoms with Gasteiger partial charge < -0.3 is 20.1 Å². The molecule has 1 amide bonds. The zero-order valence-corrected chi connectivity index (χ0v) is 9.24. The molecule has 5 heteroatoms. The van der Waals surface area contributed by atoms with Gasteiger partial charge in [-0.15, -0.1) is 0 Å². The van der Waals surface area contributed by atoms with Gasteiger partial charge in [0.2, 0.25) is 5.91 Å². The molecule has 1 aliphatic rings. The first-order chi connectivity index (χ1) is 7.25. The van der Waals surface area contributed by atoms with Crippen LogP contribution in [0.5, 0.6) is 0 Å². The largest absolute Gasteiger partial charge is 0.396 e. The summed E-state index contributed by atoms with van der Waals surface area (Å²) in [5, 5.41) is 11.7. The van der Waals surface area contributed by atoms with E-state index >= 15 is 0 Å². The molecule has 1 heterocycles. The van der Waals surface area contributed by atoms with E-state index in [0.717, 1.165) is 0 Å². The van der Waals surface area contributed by atoms with Crippen molar-refractivity contribution in [1.82, 2.24) is 10.2 Å². The van der Waals surface area contributed by atoms with Crippen molar-refractivity contribution in [2.24, 2.45) is 0 Å². The highest BCUT2D eigenvalue weighted by Crippen LogP contribution is 2.00.